The van der Waals surface area contributed by atoms with E-state index >= 15 is 0 Å². The largest absolute Gasteiger partial charge is 0.482 e. The number of nitro groups is 1. The van der Waals surface area contributed by atoms with Crippen molar-refractivity contribution in [1.29, 1.82) is 0 Å². The van der Waals surface area contributed by atoms with Gasteiger partial charge in [0.2, 0.25) is 5.91 Å². The number of nitrogens with zero attached hydrogens (tertiary/aromatic N) is 2. The lowest BCUT2D eigenvalue weighted by molar-refractivity contribution is -0.384. The van der Waals surface area contributed by atoms with Crippen molar-refractivity contribution in [2.24, 2.45) is 0 Å². The van der Waals surface area contributed by atoms with Crippen LogP contribution in [0.2, 0.25) is 5.02 Å². The molecule has 9 heteroatoms. The monoisotopic (exact) mass is 375 g/mol. The SMILES string of the molecule is O=C(CN1C(=O)COc2ccc([N+](=O)[O-])cc21)NCc1ccccc1Cl. The molecule has 0 atom stereocenters. The number of amides is 2. The van der Waals surface area contributed by atoms with Gasteiger partial charge < -0.3 is 10.1 Å². The van der Waals surface area contributed by atoms with Crippen molar-refractivity contribution in [3.8, 4) is 5.75 Å². The van der Waals surface area contributed by atoms with E-state index in [2.05, 4.69) is 5.32 Å². The van der Waals surface area contributed by atoms with Crippen molar-refractivity contribution in [1.82, 2.24) is 5.32 Å². The molecule has 8 nitrogen and oxygen atoms in total. The minimum atomic E-state index is -0.574. The topological polar surface area (TPSA) is 102 Å². The number of anilines is 1. The molecule has 2 aromatic rings. The smallest absolute Gasteiger partial charge is 0.271 e. The molecule has 2 aromatic carbocycles. The molecule has 0 aromatic heterocycles. The van der Waals surface area contributed by atoms with Crippen LogP contribution in [0.15, 0.2) is 42.5 Å². The van der Waals surface area contributed by atoms with Crippen LogP contribution in [0.25, 0.3) is 0 Å². The van der Waals surface area contributed by atoms with Gasteiger partial charge in [0.1, 0.15) is 12.3 Å². The van der Waals surface area contributed by atoms with Crippen LogP contribution in [0.4, 0.5) is 11.4 Å². The number of rotatable bonds is 5. The lowest BCUT2D eigenvalue weighted by atomic mass is 10.2. The number of nitrogens with one attached hydrogen (secondary N) is 1. The molecule has 0 saturated carbocycles. The molecule has 1 aliphatic heterocycles. The van der Waals surface area contributed by atoms with E-state index in [9.17, 15) is 19.7 Å². The van der Waals surface area contributed by atoms with Crippen LogP contribution in [0.5, 0.6) is 5.75 Å². The third-order valence-corrected chi connectivity index (χ3v) is 4.20. The molecule has 134 valence electrons. The molecular formula is C17H14ClN3O5. The summed E-state index contributed by atoms with van der Waals surface area (Å²) < 4.78 is 5.26. The summed E-state index contributed by atoms with van der Waals surface area (Å²) >= 11 is 6.04. The van der Waals surface area contributed by atoms with Gasteiger partial charge in [0, 0.05) is 23.7 Å². The molecule has 0 radical (unpaired) electrons. The summed E-state index contributed by atoms with van der Waals surface area (Å²) in [6.45, 7) is -0.303. The molecule has 0 bridgehead atoms. The summed E-state index contributed by atoms with van der Waals surface area (Å²) in [5, 5.41) is 14.2. The van der Waals surface area contributed by atoms with Gasteiger partial charge in [-0.1, -0.05) is 29.8 Å². The molecule has 0 saturated heterocycles. The van der Waals surface area contributed by atoms with Gasteiger partial charge in [-0.05, 0) is 17.7 Å². The minimum absolute atomic E-state index is 0.191. The third-order valence-electron chi connectivity index (χ3n) is 3.83. The predicted octanol–water partition coefficient (Wildman–Crippen LogP) is 2.29. The Bertz CT molecular complexity index is 886. The van der Waals surface area contributed by atoms with E-state index < -0.39 is 16.7 Å². The highest BCUT2D eigenvalue weighted by atomic mass is 35.5. The van der Waals surface area contributed by atoms with Gasteiger partial charge in [0.25, 0.3) is 11.6 Å². The number of halogens is 1. The Morgan fingerprint density at radius 2 is 2.08 bits per heavy atom. The number of fused-ring (bicyclic) bond motifs is 1. The van der Waals surface area contributed by atoms with Crippen LogP contribution in [0.3, 0.4) is 0 Å². The van der Waals surface area contributed by atoms with Crippen LogP contribution >= 0.6 is 11.6 Å². The maximum atomic E-state index is 12.2. The zero-order chi connectivity index (χ0) is 18.7. The number of hydrogen-bond donors (Lipinski definition) is 1. The van der Waals surface area contributed by atoms with Gasteiger partial charge in [-0.25, -0.2) is 0 Å². The molecule has 0 unspecified atom stereocenters. The number of hydrogen-bond acceptors (Lipinski definition) is 5. The Labute approximate surface area is 153 Å². The molecule has 3 rings (SSSR count). The van der Waals surface area contributed by atoms with Gasteiger partial charge in [-0.15, -0.1) is 0 Å². The Morgan fingerprint density at radius 1 is 1.31 bits per heavy atom. The molecule has 0 fully saturated rings. The summed E-state index contributed by atoms with van der Waals surface area (Å²) in [7, 11) is 0. The van der Waals surface area contributed by atoms with Crippen LogP contribution in [-0.4, -0.2) is 29.9 Å². The number of ether oxygens (including phenoxy) is 1. The molecule has 26 heavy (non-hydrogen) atoms. The van der Waals surface area contributed by atoms with E-state index in [0.717, 1.165) is 5.56 Å². The molecule has 0 aliphatic carbocycles. The molecule has 1 heterocycles. The second-order valence-electron chi connectivity index (χ2n) is 5.55. The molecule has 2 amide bonds. The Balaban J connectivity index is 1.74. The standard InChI is InChI=1S/C17H14ClN3O5/c18-13-4-2-1-3-11(13)8-19-16(22)9-20-14-7-12(21(24)25)5-6-15(14)26-10-17(20)23/h1-7H,8-10H2,(H,19,22). The Hall–Kier alpha value is -3.13. The number of carbonyl (C=O) groups is 2. The first kappa shape index (κ1) is 17.7. The van der Waals surface area contributed by atoms with Crippen molar-refractivity contribution in [3.05, 3.63) is 63.2 Å². The number of benzene rings is 2. The molecule has 1 N–H and O–H groups in total. The summed E-state index contributed by atoms with van der Waals surface area (Å²) in [4.78, 5) is 35.9. The highest BCUT2D eigenvalue weighted by molar-refractivity contribution is 6.31. The highest BCUT2D eigenvalue weighted by Crippen LogP contribution is 2.35. The maximum absolute atomic E-state index is 12.2. The maximum Gasteiger partial charge on any atom is 0.271 e. The fourth-order valence-corrected chi connectivity index (χ4v) is 2.72. The van der Waals surface area contributed by atoms with Crippen LogP contribution in [0.1, 0.15) is 5.56 Å². The van der Waals surface area contributed by atoms with Crippen molar-refractivity contribution in [2.75, 3.05) is 18.1 Å². The normalized spacial score (nSPS) is 13.0. The molecule has 0 spiro atoms. The quantitative estimate of drug-likeness (QED) is 0.638. The number of non-ortho nitro benzene ring substituents is 1. The van der Waals surface area contributed by atoms with Crippen molar-refractivity contribution in [3.63, 3.8) is 0 Å². The van der Waals surface area contributed by atoms with Crippen LogP contribution in [0, 0.1) is 10.1 Å². The second-order valence-corrected chi connectivity index (χ2v) is 5.95. The summed E-state index contributed by atoms with van der Waals surface area (Å²) in [6, 6.07) is 11.0. The fraction of sp³-hybridized carbons (Fsp3) is 0.176. The van der Waals surface area contributed by atoms with Crippen molar-refractivity contribution < 1.29 is 19.2 Å². The van der Waals surface area contributed by atoms with Gasteiger partial charge in [-0.2, -0.15) is 0 Å². The first-order valence-corrected chi connectivity index (χ1v) is 8.05. The number of nitro benzene ring substituents is 1. The van der Waals surface area contributed by atoms with E-state index in [-0.39, 0.29) is 31.1 Å². The first-order valence-electron chi connectivity index (χ1n) is 7.67. The van der Waals surface area contributed by atoms with Gasteiger partial charge >= 0.3 is 0 Å². The lowest BCUT2D eigenvalue weighted by Crippen LogP contribution is -2.45. The average molecular weight is 376 g/mol. The van der Waals surface area contributed by atoms with E-state index in [1.54, 1.807) is 24.3 Å². The van der Waals surface area contributed by atoms with E-state index in [4.69, 9.17) is 16.3 Å². The predicted molar refractivity (Wildman–Crippen MR) is 94.2 cm³/mol. The lowest BCUT2D eigenvalue weighted by Gasteiger charge is -2.28. The molecule has 1 aliphatic rings. The average Bonchev–Trinajstić information content (AvgIpc) is 2.63. The van der Waals surface area contributed by atoms with Crippen LogP contribution < -0.4 is 15.0 Å². The molecular weight excluding hydrogens is 362 g/mol. The van der Waals surface area contributed by atoms with E-state index in [1.807, 2.05) is 0 Å². The minimum Gasteiger partial charge on any atom is -0.482 e. The first-order chi connectivity index (χ1) is 12.5. The van der Waals surface area contributed by atoms with Crippen molar-refractivity contribution in [2.45, 2.75) is 6.54 Å². The highest BCUT2D eigenvalue weighted by Gasteiger charge is 2.29. The summed E-state index contributed by atoms with van der Waals surface area (Å²) in [5.41, 5.74) is 0.749. The summed E-state index contributed by atoms with van der Waals surface area (Å²) in [5.74, 6) is -0.558. The second kappa shape index (κ2) is 7.40. The number of carbonyl (C=O) groups excluding carboxylic acids is 2. The Morgan fingerprint density at radius 3 is 2.81 bits per heavy atom. The van der Waals surface area contributed by atoms with E-state index in [1.165, 1.54) is 23.1 Å². The van der Waals surface area contributed by atoms with Gasteiger partial charge in [0.15, 0.2) is 6.61 Å². The van der Waals surface area contributed by atoms with Crippen molar-refractivity contribution >= 4 is 34.8 Å². The van der Waals surface area contributed by atoms with Gasteiger partial charge in [0.05, 0.1) is 10.6 Å². The van der Waals surface area contributed by atoms with Gasteiger partial charge in [-0.3, -0.25) is 24.6 Å². The zero-order valence-electron chi connectivity index (χ0n) is 13.5. The van der Waals surface area contributed by atoms with E-state index in [0.29, 0.717) is 10.8 Å². The van der Waals surface area contributed by atoms with Crippen LogP contribution in [-0.2, 0) is 16.1 Å². The fourth-order valence-electron chi connectivity index (χ4n) is 2.51. The summed E-state index contributed by atoms with van der Waals surface area (Å²) in [6.07, 6.45) is 0. The zero-order valence-corrected chi connectivity index (χ0v) is 14.2. The Kier molecular flexibility index (Phi) is 5.04. The third kappa shape index (κ3) is 3.75.